The number of hydrogen-bond donors (Lipinski definition) is 1. The third kappa shape index (κ3) is 1.99. The third-order valence-electron chi connectivity index (χ3n) is 3.10. The molecule has 4 heteroatoms. The monoisotopic (exact) mass is 239 g/mol. The summed E-state index contributed by atoms with van der Waals surface area (Å²) < 4.78 is 23.7. The van der Waals surface area contributed by atoms with Gasteiger partial charge >= 0.3 is 0 Å². The van der Waals surface area contributed by atoms with Gasteiger partial charge in [0.2, 0.25) is 0 Å². The van der Waals surface area contributed by atoms with Crippen molar-refractivity contribution in [3.63, 3.8) is 0 Å². The molecule has 88 valence electrons. The smallest absolute Gasteiger partial charge is 0.180 e. The Morgan fingerprint density at radius 1 is 1.25 bits per heavy atom. The second-order valence-electron chi connectivity index (χ2n) is 4.67. The van der Waals surface area contributed by atoms with Crippen molar-refractivity contribution in [2.75, 3.05) is 0 Å². The molecule has 0 aromatic heterocycles. The van der Waals surface area contributed by atoms with E-state index in [1.807, 2.05) is 12.1 Å². The molecule has 0 amide bonds. The van der Waals surface area contributed by atoms with Crippen LogP contribution in [-0.2, 0) is 9.84 Å². The van der Waals surface area contributed by atoms with Crippen molar-refractivity contribution >= 4 is 9.84 Å². The molecule has 0 aliphatic heterocycles. The number of benzene rings is 1. The molecule has 2 unspecified atom stereocenters. The summed E-state index contributed by atoms with van der Waals surface area (Å²) in [6.45, 7) is 3.39. The number of hydrogen-bond acceptors (Lipinski definition) is 3. The Morgan fingerprint density at radius 3 is 2.12 bits per heavy atom. The van der Waals surface area contributed by atoms with Crippen LogP contribution in [0.15, 0.2) is 29.2 Å². The Bertz CT molecular complexity index is 476. The first-order valence-electron chi connectivity index (χ1n) is 5.52. The summed E-state index contributed by atoms with van der Waals surface area (Å²) in [4.78, 5) is 0.403. The van der Waals surface area contributed by atoms with E-state index in [9.17, 15) is 8.42 Å². The fraction of sp³-hybridized carbons (Fsp3) is 0.500. The molecule has 0 bridgehead atoms. The summed E-state index contributed by atoms with van der Waals surface area (Å²) in [6, 6.07) is 7.40. The van der Waals surface area contributed by atoms with Crippen LogP contribution in [0.2, 0.25) is 0 Å². The summed E-state index contributed by atoms with van der Waals surface area (Å²) in [5.41, 5.74) is 6.90. The van der Waals surface area contributed by atoms with Gasteiger partial charge in [-0.25, -0.2) is 8.42 Å². The van der Waals surface area contributed by atoms with Gasteiger partial charge in [0.25, 0.3) is 0 Å². The first kappa shape index (κ1) is 11.6. The predicted octanol–water partition coefficient (Wildman–Crippen LogP) is 1.68. The van der Waals surface area contributed by atoms with E-state index in [0.717, 1.165) is 12.0 Å². The molecule has 1 aromatic rings. The first-order chi connectivity index (χ1) is 7.43. The Morgan fingerprint density at radius 2 is 1.75 bits per heavy atom. The van der Waals surface area contributed by atoms with Crippen LogP contribution in [0, 0.1) is 0 Å². The van der Waals surface area contributed by atoms with Gasteiger partial charge in [0.15, 0.2) is 9.84 Å². The lowest BCUT2D eigenvalue weighted by Crippen LogP contribution is -2.13. The minimum atomic E-state index is -3.14. The minimum absolute atomic E-state index is 0.257. The van der Waals surface area contributed by atoms with Crippen LogP contribution < -0.4 is 5.73 Å². The van der Waals surface area contributed by atoms with Gasteiger partial charge < -0.3 is 5.73 Å². The lowest BCUT2D eigenvalue weighted by molar-refractivity contribution is 0.587. The van der Waals surface area contributed by atoms with Crippen molar-refractivity contribution in [2.45, 2.75) is 42.4 Å². The van der Waals surface area contributed by atoms with Gasteiger partial charge in [-0.05, 0) is 38.0 Å². The van der Waals surface area contributed by atoms with E-state index < -0.39 is 9.84 Å². The van der Waals surface area contributed by atoms with Crippen molar-refractivity contribution in [3.8, 4) is 0 Å². The van der Waals surface area contributed by atoms with Gasteiger partial charge in [0.05, 0.1) is 10.1 Å². The van der Waals surface area contributed by atoms with E-state index in [-0.39, 0.29) is 11.3 Å². The van der Waals surface area contributed by atoms with Crippen LogP contribution in [0.4, 0.5) is 0 Å². The molecule has 3 nitrogen and oxygen atoms in total. The second kappa shape index (κ2) is 3.86. The molecule has 1 aliphatic rings. The molecule has 2 N–H and O–H groups in total. The van der Waals surface area contributed by atoms with Gasteiger partial charge in [-0.15, -0.1) is 0 Å². The quantitative estimate of drug-likeness (QED) is 0.873. The topological polar surface area (TPSA) is 60.2 Å². The molecular formula is C12H17NO2S. The maximum atomic E-state index is 11.9. The van der Waals surface area contributed by atoms with E-state index in [0.29, 0.717) is 10.8 Å². The maximum absolute atomic E-state index is 11.9. The zero-order chi connectivity index (χ0) is 11.9. The summed E-state index contributed by atoms with van der Waals surface area (Å²) in [5, 5.41) is -0.374. The van der Waals surface area contributed by atoms with Crippen LogP contribution >= 0.6 is 0 Å². The van der Waals surface area contributed by atoms with Gasteiger partial charge in [-0.3, -0.25) is 0 Å². The van der Waals surface area contributed by atoms with Crippen molar-refractivity contribution in [1.82, 2.24) is 0 Å². The highest BCUT2D eigenvalue weighted by atomic mass is 32.2. The standard InChI is InChI=1S/C12H17NO2S/c1-8(2)16(14,15)10-5-3-9(4-6-10)11-7-12(11)13/h3-6,8,11-12H,7,13H2,1-2H3. The van der Waals surface area contributed by atoms with E-state index in [2.05, 4.69) is 0 Å². The van der Waals surface area contributed by atoms with E-state index in [1.54, 1.807) is 26.0 Å². The summed E-state index contributed by atoms with van der Waals surface area (Å²) in [5.74, 6) is 0.427. The molecule has 1 aromatic carbocycles. The molecule has 0 radical (unpaired) electrons. The Labute approximate surface area is 96.6 Å². The van der Waals surface area contributed by atoms with Crippen LogP contribution in [0.1, 0.15) is 31.7 Å². The SMILES string of the molecule is CC(C)S(=O)(=O)c1ccc(C2CC2N)cc1. The molecule has 1 fully saturated rings. The lowest BCUT2D eigenvalue weighted by atomic mass is 10.1. The second-order valence-corrected chi connectivity index (χ2v) is 7.17. The highest BCUT2D eigenvalue weighted by molar-refractivity contribution is 7.92. The van der Waals surface area contributed by atoms with E-state index >= 15 is 0 Å². The number of rotatable bonds is 3. The average Bonchev–Trinajstić information content (AvgIpc) is 2.95. The van der Waals surface area contributed by atoms with Gasteiger partial charge in [-0.1, -0.05) is 12.1 Å². The molecule has 1 saturated carbocycles. The summed E-state index contributed by atoms with van der Waals surface area (Å²) in [7, 11) is -3.14. The van der Waals surface area contributed by atoms with Crippen molar-refractivity contribution < 1.29 is 8.42 Å². The van der Waals surface area contributed by atoms with Crippen molar-refractivity contribution in [2.24, 2.45) is 5.73 Å². The highest BCUT2D eigenvalue weighted by Crippen LogP contribution is 2.39. The molecule has 16 heavy (non-hydrogen) atoms. The van der Waals surface area contributed by atoms with Gasteiger partial charge in [0, 0.05) is 12.0 Å². The van der Waals surface area contributed by atoms with Gasteiger partial charge in [-0.2, -0.15) is 0 Å². The zero-order valence-corrected chi connectivity index (χ0v) is 10.4. The van der Waals surface area contributed by atoms with Crippen LogP contribution in [0.25, 0.3) is 0 Å². The van der Waals surface area contributed by atoms with Crippen LogP contribution in [0.5, 0.6) is 0 Å². The fourth-order valence-corrected chi connectivity index (χ4v) is 2.83. The molecule has 2 rings (SSSR count). The lowest BCUT2D eigenvalue weighted by Gasteiger charge is -2.08. The van der Waals surface area contributed by atoms with Crippen LogP contribution in [0.3, 0.4) is 0 Å². The summed E-state index contributed by atoms with van der Waals surface area (Å²) in [6.07, 6.45) is 1.01. The molecular weight excluding hydrogens is 222 g/mol. The number of nitrogens with two attached hydrogens (primary N) is 1. The zero-order valence-electron chi connectivity index (χ0n) is 9.55. The molecule has 0 spiro atoms. The van der Waals surface area contributed by atoms with Gasteiger partial charge in [0.1, 0.15) is 0 Å². The fourth-order valence-electron chi connectivity index (χ4n) is 1.77. The van der Waals surface area contributed by atoms with Crippen molar-refractivity contribution in [3.05, 3.63) is 29.8 Å². The maximum Gasteiger partial charge on any atom is 0.180 e. The average molecular weight is 239 g/mol. The Hall–Kier alpha value is -0.870. The van der Waals surface area contributed by atoms with Crippen LogP contribution in [-0.4, -0.2) is 19.7 Å². The van der Waals surface area contributed by atoms with Crippen molar-refractivity contribution in [1.29, 1.82) is 0 Å². The Balaban J connectivity index is 2.26. The number of sulfone groups is 1. The van der Waals surface area contributed by atoms with E-state index in [1.165, 1.54) is 0 Å². The van der Waals surface area contributed by atoms with E-state index in [4.69, 9.17) is 5.73 Å². The highest BCUT2D eigenvalue weighted by Gasteiger charge is 2.34. The molecule has 0 heterocycles. The molecule has 1 aliphatic carbocycles. The molecule has 0 saturated heterocycles. The third-order valence-corrected chi connectivity index (χ3v) is 5.27. The summed E-state index contributed by atoms with van der Waals surface area (Å²) >= 11 is 0. The largest absolute Gasteiger partial charge is 0.327 e. The minimum Gasteiger partial charge on any atom is -0.327 e. The predicted molar refractivity (Wildman–Crippen MR) is 64.1 cm³/mol. The first-order valence-corrected chi connectivity index (χ1v) is 7.07. The normalized spacial score (nSPS) is 24.8. The molecule has 2 atom stereocenters. The Kier molecular flexibility index (Phi) is 2.80.